The molecule has 5 nitrogen and oxygen atoms in total. The summed E-state index contributed by atoms with van der Waals surface area (Å²) in [6.45, 7) is 5.14. The number of benzene rings is 1. The Morgan fingerprint density at radius 3 is 2.06 bits per heavy atom. The third-order valence-corrected chi connectivity index (χ3v) is 3.09. The first kappa shape index (κ1) is 14.5. The fourth-order valence-electron chi connectivity index (χ4n) is 1.59. The number of anilines is 1. The van der Waals surface area contributed by atoms with E-state index in [1.54, 1.807) is 29.2 Å². The Hall–Kier alpha value is -1.56. The van der Waals surface area contributed by atoms with Crippen LogP contribution in [0.15, 0.2) is 24.3 Å². The van der Waals surface area contributed by atoms with Crippen LogP contribution in [0.4, 0.5) is 5.69 Å². The second kappa shape index (κ2) is 5.86. The van der Waals surface area contributed by atoms with Crippen molar-refractivity contribution in [3.05, 3.63) is 29.8 Å². The molecule has 1 N–H and O–H groups in total. The van der Waals surface area contributed by atoms with E-state index in [4.69, 9.17) is 0 Å². The van der Waals surface area contributed by atoms with Crippen LogP contribution in [0, 0.1) is 0 Å². The van der Waals surface area contributed by atoms with Crippen LogP contribution in [0.2, 0.25) is 0 Å². The zero-order valence-corrected chi connectivity index (χ0v) is 11.6. The average molecular weight is 270 g/mol. The number of carbonyl (C=O) groups excluding carboxylic acids is 1. The summed E-state index contributed by atoms with van der Waals surface area (Å²) in [6, 6.07) is 6.40. The van der Waals surface area contributed by atoms with Gasteiger partial charge >= 0.3 is 0 Å². The number of rotatable bonds is 5. The van der Waals surface area contributed by atoms with Crippen LogP contribution >= 0.6 is 0 Å². The molecule has 1 aromatic rings. The molecule has 0 heterocycles. The summed E-state index contributed by atoms with van der Waals surface area (Å²) in [5, 5.41) is 0. The molecule has 1 rings (SSSR count). The van der Waals surface area contributed by atoms with Gasteiger partial charge in [0.1, 0.15) is 0 Å². The van der Waals surface area contributed by atoms with Crippen LogP contribution < -0.4 is 4.72 Å². The van der Waals surface area contributed by atoms with E-state index in [0.717, 1.165) is 6.26 Å². The van der Waals surface area contributed by atoms with Gasteiger partial charge < -0.3 is 4.90 Å². The number of hydrogen-bond donors (Lipinski definition) is 1. The van der Waals surface area contributed by atoms with Crippen molar-refractivity contribution in [3.8, 4) is 0 Å². The van der Waals surface area contributed by atoms with Crippen LogP contribution in [0.3, 0.4) is 0 Å². The standard InChI is InChI=1S/C12H18N2O3S/c1-4-14(5-2)12(15)10-6-8-11(9-7-10)13-18(3,16)17/h6-9,13H,4-5H2,1-3H3. The molecular weight excluding hydrogens is 252 g/mol. The molecule has 0 spiro atoms. The first-order chi connectivity index (χ1) is 8.37. The molecule has 0 aliphatic carbocycles. The summed E-state index contributed by atoms with van der Waals surface area (Å²) in [5.74, 6) is -0.0501. The number of sulfonamides is 1. The summed E-state index contributed by atoms with van der Waals surface area (Å²) >= 11 is 0. The lowest BCUT2D eigenvalue weighted by Gasteiger charge is -2.18. The molecular formula is C12H18N2O3S. The Morgan fingerprint density at radius 2 is 1.67 bits per heavy atom. The number of nitrogens with zero attached hydrogens (tertiary/aromatic N) is 1. The smallest absolute Gasteiger partial charge is 0.253 e. The average Bonchev–Trinajstić information content (AvgIpc) is 2.29. The van der Waals surface area contributed by atoms with E-state index in [0.29, 0.717) is 24.3 Å². The van der Waals surface area contributed by atoms with E-state index in [1.165, 1.54) is 0 Å². The Balaban J connectivity index is 2.86. The van der Waals surface area contributed by atoms with Crippen LogP contribution in [0.25, 0.3) is 0 Å². The molecule has 0 saturated heterocycles. The molecule has 0 atom stereocenters. The number of amides is 1. The summed E-state index contributed by atoms with van der Waals surface area (Å²) in [6.07, 6.45) is 1.09. The van der Waals surface area contributed by atoms with Crippen molar-refractivity contribution < 1.29 is 13.2 Å². The highest BCUT2D eigenvalue weighted by Gasteiger charge is 2.12. The van der Waals surface area contributed by atoms with Gasteiger partial charge in [-0.15, -0.1) is 0 Å². The number of nitrogens with one attached hydrogen (secondary N) is 1. The molecule has 0 aliphatic rings. The summed E-state index contributed by atoms with van der Waals surface area (Å²) in [4.78, 5) is 13.7. The van der Waals surface area contributed by atoms with E-state index in [-0.39, 0.29) is 5.91 Å². The van der Waals surface area contributed by atoms with Gasteiger partial charge in [-0.3, -0.25) is 9.52 Å². The molecule has 1 aromatic carbocycles. The van der Waals surface area contributed by atoms with E-state index in [9.17, 15) is 13.2 Å². The molecule has 1 amide bonds. The zero-order chi connectivity index (χ0) is 13.8. The van der Waals surface area contributed by atoms with Crippen molar-refractivity contribution >= 4 is 21.6 Å². The quantitative estimate of drug-likeness (QED) is 0.882. The van der Waals surface area contributed by atoms with Gasteiger partial charge in [0.25, 0.3) is 5.91 Å². The Kier molecular flexibility index (Phi) is 4.72. The third-order valence-electron chi connectivity index (χ3n) is 2.49. The van der Waals surface area contributed by atoms with Crippen LogP contribution in [0.5, 0.6) is 0 Å². The van der Waals surface area contributed by atoms with Gasteiger partial charge in [-0.05, 0) is 38.1 Å². The Labute approximate surface area is 108 Å². The minimum absolute atomic E-state index is 0.0501. The van der Waals surface area contributed by atoms with Gasteiger partial charge in [-0.2, -0.15) is 0 Å². The predicted octanol–water partition coefficient (Wildman–Crippen LogP) is 1.54. The van der Waals surface area contributed by atoms with Gasteiger partial charge in [0, 0.05) is 24.3 Å². The maximum Gasteiger partial charge on any atom is 0.253 e. The maximum atomic E-state index is 12.0. The van der Waals surface area contributed by atoms with E-state index in [1.807, 2.05) is 13.8 Å². The lowest BCUT2D eigenvalue weighted by molar-refractivity contribution is 0.0773. The molecule has 100 valence electrons. The largest absolute Gasteiger partial charge is 0.339 e. The lowest BCUT2D eigenvalue weighted by atomic mass is 10.2. The fraction of sp³-hybridized carbons (Fsp3) is 0.417. The predicted molar refractivity (Wildman–Crippen MR) is 72.2 cm³/mol. The van der Waals surface area contributed by atoms with Crippen molar-refractivity contribution in [2.75, 3.05) is 24.1 Å². The highest BCUT2D eigenvalue weighted by Crippen LogP contribution is 2.12. The molecule has 0 bridgehead atoms. The van der Waals surface area contributed by atoms with E-state index < -0.39 is 10.0 Å². The minimum Gasteiger partial charge on any atom is -0.339 e. The van der Waals surface area contributed by atoms with Gasteiger partial charge in [0.15, 0.2) is 0 Å². The van der Waals surface area contributed by atoms with Crippen molar-refractivity contribution in [3.63, 3.8) is 0 Å². The first-order valence-electron chi connectivity index (χ1n) is 5.74. The van der Waals surface area contributed by atoms with Crippen LogP contribution in [-0.2, 0) is 10.0 Å². The van der Waals surface area contributed by atoms with Gasteiger partial charge in [-0.25, -0.2) is 8.42 Å². The number of carbonyl (C=O) groups is 1. The number of hydrogen-bond acceptors (Lipinski definition) is 3. The second-order valence-electron chi connectivity index (χ2n) is 3.93. The zero-order valence-electron chi connectivity index (χ0n) is 10.8. The third kappa shape index (κ3) is 4.03. The minimum atomic E-state index is -3.28. The topological polar surface area (TPSA) is 66.5 Å². The van der Waals surface area contributed by atoms with Crippen LogP contribution in [0.1, 0.15) is 24.2 Å². The SMILES string of the molecule is CCN(CC)C(=O)c1ccc(NS(C)(=O)=O)cc1. The van der Waals surface area contributed by atoms with Gasteiger partial charge in [0.2, 0.25) is 10.0 Å². The molecule has 18 heavy (non-hydrogen) atoms. The Morgan fingerprint density at radius 1 is 1.17 bits per heavy atom. The highest BCUT2D eigenvalue weighted by atomic mass is 32.2. The van der Waals surface area contributed by atoms with Crippen LogP contribution in [-0.4, -0.2) is 38.6 Å². The Bertz CT molecular complexity index is 505. The molecule has 0 fully saturated rings. The van der Waals surface area contributed by atoms with Crippen molar-refractivity contribution in [2.45, 2.75) is 13.8 Å². The molecule has 6 heteroatoms. The second-order valence-corrected chi connectivity index (χ2v) is 5.68. The summed E-state index contributed by atoms with van der Waals surface area (Å²) in [5.41, 5.74) is 1.01. The fourth-order valence-corrected chi connectivity index (χ4v) is 2.15. The van der Waals surface area contributed by atoms with E-state index in [2.05, 4.69) is 4.72 Å². The van der Waals surface area contributed by atoms with Crippen molar-refractivity contribution in [2.24, 2.45) is 0 Å². The molecule has 0 saturated carbocycles. The molecule has 0 aliphatic heterocycles. The summed E-state index contributed by atoms with van der Waals surface area (Å²) in [7, 11) is -3.28. The van der Waals surface area contributed by atoms with Gasteiger partial charge in [-0.1, -0.05) is 0 Å². The van der Waals surface area contributed by atoms with Gasteiger partial charge in [0.05, 0.1) is 6.26 Å². The molecule has 0 radical (unpaired) electrons. The normalized spacial score (nSPS) is 11.1. The first-order valence-corrected chi connectivity index (χ1v) is 7.63. The summed E-state index contributed by atoms with van der Waals surface area (Å²) < 4.78 is 24.4. The maximum absolute atomic E-state index is 12.0. The molecule has 0 unspecified atom stereocenters. The highest BCUT2D eigenvalue weighted by molar-refractivity contribution is 7.92. The van der Waals surface area contributed by atoms with E-state index >= 15 is 0 Å². The molecule has 0 aromatic heterocycles. The monoisotopic (exact) mass is 270 g/mol. The van der Waals surface area contributed by atoms with Crippen molar-refractivity contribution in [1.82, 2.24) is 4.90 Å². The lowest BCUT2D eigenvalue weighted by Crippen LogP contribution is -2.30. The van der Waals surface area contributed by atoms with Crippen molar-refractivity contribution in [1.29, 1.82) is 0 Å².